The van der Waals surface area contributed by atoms with Crippen molar-refractivity contribution in [2.45, 2.75) is 50.9 Å². The molecule has 132 valence electrons. The second kappa shape index (κ2) is 6.27. The van der Waals surface area contributed by atoms with Gasteiger partial charge in [-0.1, -0.05) is 6.92 Å². The highest BCUT2D eigenvalue weighted by molar-refractivity contribution is 5.90. The molecule has 0 bridgehead atoms. The lowest BCUT2D eigenvalue weighted by Crippen LogP contribution is -2.47. The fraction of sp³-hybridized carbons (Fsp3) is 0.588. The quantitative estimate of drug-likeness (QED) is 0.894. The van der Waals surface area contributed by atoms with Gasteiger partial charge in [-0.25, -0.2) is 4.79 Å². The van der Waals surface area contributed by atoms with Gasteiger partial charge < -0.3 is 10.5 Å². The number of benzene rings is 1. The summed E-state index contributed by atoms with van der Waals surface area (Å²) in [5, 5.41) is 0. The molecule has 1 saturated carbocycles. The lowest BCUT2D eigenvalue weighted by Gasteiger charge is -2.39. The van der Waals surface area contributed by atoms with Crippen LogP contribution in [0.15, 0.2) is 18.2 Å². The summed E-state index contributed by atoms with van der Waals surface area (Å²) in [5.41, 5.74) is 6.18. The van der Waals surface area contributed by atoms with Gasteiger partial charge in [-0.2, -0.15) is 13.2 Å². The second-order valence-corrected chi connectivity index (χ2v) is 6.50. The zero-order chi connectivity index (χ0) is 17.5. The first kappa shape index (κ1) is 17.1. The number of nitrogens with two attached hydrogens (primary N) is 1. The van der Waals surface area contributed by atoms with Crippen LogP contribution in [0, 0.1) is 5.92 Å². The molecule has 1 aliphatic carbocycles. The Morgan fingerprint density at radius 1 is 1.38 bits per heavy atom. The molecule has 7 heteroatoms. The molecule has 3 rings (SSSR count). The van der Waals surface area contributed by atoms with E-state index in [0.29, 0.717) is 30.0 Å². The number of nitrogens with zero attached hydrogens (tertiary/aromatic N) is 1. The number of hydrogen-bond donors (Lipinski definition) is 1. The van der Waals surface area contributed by atoms with Crippen LogP contribution in [-0.2, 0) is 10.9 Å². The largest absolute Gasteiger partial charge is 0.449 e. The molecule has 0 spiro atoms. The van der Waals surface area contributed by atoms with E-state index >= 15 is 0 Å². The van der Waals surface area contributed by atoms with Gasteiger partial charge in [0.2, 0.25) is 0 Å². The van der Waals surface area contributed by atoms with Crippen LogP contribution in [0.1, 0.15) is 49.8 Å². The van der Waals surface area contributed by atoms with Crippen molar-refractivity contribution in [2.24, 2.45) is 11.7 Å². The van der Waals surface area contributed by atoms with E-state index in [1.807, 2.05) is 6.92 Å². The fourth-order valence-electron chi connectivity index (χ4n) is 3.30. The molecule has 1 aromatic rings. The van der Waals surface area contributed by atoms with Crippen LogP contribution in [-0.4, -0.2) is 18.7 Å². The number of anilines is 1. The van der Waals surface area contributed by atoms with E-state index in [-0.39, 0.29) is 12.6 Å². The molecule has 1 heterocycles. The summed E-state index contributed by atoms with van der Waals surface area (Å²) in [5.74, 6) is 0.348. The standard InChI is InChI=1S/C17H21F3N2O2/c1-2-7-24-16(23)22-14-6-5-11(17(18,19)20)8-12(14)13(21)9-15(22)10-3-4-10/h5-6,8,10,13,15H,2-4,7,9,21H2,1H3/t13-,15+/m0/s1. The third-order valence-electron chi connectivity index (χ3n) is 4.63. The minimum Gasteiger partial charge on any atom is -0.449 e. The molecule has 0 aromatic heterocycles. The van der Waals surface area contributed by atoms with Crippen molar-refractivity contribution in [3.8, 4) is 0 Å². The highest BCUT2D eigenvalue weighted by atomic mass is 19.4. The number of alkyl halides is 3. The van der Waals surface area contributed by atoms with Crippen LogP contribution in [0.3, 0.4) is 0 Å². The monoisotopic (exact) mass is 342 g/mol. The number of ether oxygens (including phenoxy) is 1. The van der Waals surface area contributed by atoms with Crippen molar-refractivity contribution in [1.29, 1.82) is 0 Å². The van der Waals surface area contributed by atoms with Crippen LogP contribution >= 0.6 is 0 Å². The highest BCUT2D eigenvalue weighted by Crippen LogP contribution is 2.47. The van der Waals surface area contributed by atoms with Crippen molar-refractivity contribution >= 4 is 11.8 Å². The summed E-state index contributed by atoms with van der Waals surface area (Å²) >= 11 is 0. The van der Waals surface area contributed by atoms with Crippen molar-refractivity contribution < 1.29 is 22.7 Å². The van der Waals surface area contributed by atoms with E-state index < -0.39 is 23.9 Å². The smallest absolute Gasteiger partial charge is 0.416 e. The molecule has 1 aromatic carbocycles. The van der Waals surface area contributed by atoms with E-state index in [1.54, 1.807) is 0 Å². The Balaban J connectivity index is 1.99. The fourth-order valence-corrected chi connectivity index (χ4v) is 3.30. The van der Waals surface area contributed by atoms with Crippen LogP contribution in [0.25, 0.3) is 0 Å². The average molecular weight is 342 g/mol. The molecule has 0 radical (unpaired) electrons. The van der Waals surface area contributed by atoms with Crippen LogP contribution in [0.5, 0.6) is 0 Å². The van der Waals surface area contributed by atoms with Crippen LogP contribution in [0.2, 0.25) is 0 Å². The number of amides is 1. The predicted octanol–water partition coefficient (Wildman–Crippen LogP) is 4.24. The van der Waals surface area contributed by atoms with Gasteiger partial charge in [0.05, 0.1) is 17.9 Å². The van der Waals surface area contributed by atoms with E-state index in [0.717, 1.165) is 25.0 Å². The van der Waals surface area contributed by atoms with Crippen LogP contribution in [0.4, 0.5) is 23.7 Å². The minimum atomic E-state index is -4.43. The third kappa shape index (κ3) is 3.22. The zero-order valence-corrected chi connectivity index (χ0v) is 13.5. The van der Waals surface area contributed by atoms with Crippen molar-refractivity contribution in [2.75, 3.05) is 11.5 Å². The molecular weight excluding hydrogens is 321 g/mol. The van der Waals surface area contributed by atoms with Gasteiger partial charge in [0.15, 0.2) is 0 Å². The number of hydrogen-bond acceptors (Lipinski definition) is 3. The second-order valence-electron chi connectivity index (χ2n) is 6.50. The summed E-state index contributed by atoms with van der Waals surface area (Å²) in [7, 11) is 0. The molecule has 2 aliphatic rings. The van der Waals surface area contributed by atoms with Gasteiger partial charge in [0.1, 0.15) is 0 Å². The van der Waals surface area contributed by atoms with E-state index in [2.05, 4.69) is 0 Å². The average Bonchev–Trinajstić information content (AvgIpc) is 3.36. The molecule has 1 fully saturated rings. The minimum absolute atomic E-state index is 0.103. The summed E-state index contributed by atoms with van der Waals surface area (Å²) in [6.07, 6.45) is -1.78. The maximum Gasteiger partial charge on any atom is 0.416 e. The molecule has 0 unspecified atom stereocenters. The molecule has 0 saturated heterocycles. The molecular formula is C17H21F3N2O2. The van der Waals surface area contributed by atoms with Gasteiger partial charge in [-0.3, -0.25) is 4.90 Å². The first-order chi connectivity index (χ1) is 11.3. The van der Waals surface area contributed by atoms with Crippen LogP contribution < -0.4 is 10.6 Å². The number of carbonyl (C=O) groups excluding carboxylic acids is 1. The topological polar surface area (TPSA) is 55.6 Å². The summed E-state index contributed by atoms with van der Waals surface area (Å²) in [6, 6.07) is 2.79. The van der Waals surface area contributed by atoms with Gasteiger partial charge in [-0.05, 0) is 55.4 Å². The lowest BCUT2D eigenvalue weighted by atomic mass is 9.88. The Bertz CT molecular complexity index is 629. The molecule has 2 atom stereocenters. The molecule has 1 aliphatic heterocycles. The van der Waals surface area contributed by atoms with Crippen molar-refractivity contribution in [3.05, 3.63) is 29.3 Å². The Morgan fingerprint density at radius 2 is 2.08 bits per heavy atom. The maximum atomic E-state index is 13.0. The molecule has 1 amide bonds. The number of fused-ring (bicyclic) bond motifs is 1. The summed E-state index contributed by atoms with van der Waals surface area (Å²) < 4.78 is 44.2. The molecule has 24 heavy (non-hydrogen) atoms. The van der Waals surface area contributed by atoms with Crippen molar-refractivity contribution in [3.63, 3.8) is 0 Å². The number of halogens is 3. The maximum absolute atomic E-state index is 13.0. The van der Waals surface area contributed by atoms with E-state index in [4.69, 9.17) is 10.5 Å². The number of rotatable bonds is 3. The first-order valence-corrected chi connectivity index (χ1v) is 8.25. The predicted molar refractivity (Wildman–Crippen MR) is 83.6 cm³/mol. The zero-order valence-electron chi connectivity index (χ0n) is 13.5. The summed E-state index contributed by atoms with van der Waals surface area (Å²) in [4.78, 5) is 14.0. The molecule has 2 N–H and O–H groups in total. The summed E-state index contributed by atoms with van der Waals surface area (Å²) in [6.45, 7) is 2.18. The number of carbonyl (C=O) groups is 1. The Hall–Kier alpha value is -1.76. The Kier molecular flexibility index (Phi) is 4.46. The van der Waals surface area contributed by atoms with Gasteiger partial charge >= 0.3 is 12.3 Å². The normalized spacial score (nSPS) is 23.8. The lowest BCUT2D eigenvalue weighted by molar-refractivity contribution is -0.137. The highest BCUT2D eigenvalue weighted by Gasteiger charge is 2.44. The van der Waals surface area contributed by atoms with Gasteiger partial charge in [-0.15, -0.1) is 0 Å². The first-order valence-electron chi connectivity index (χ1n) is 8.25. The van der Waals surface area contributed by atoms with Crippen molar-refractivity contribution in [1.82, 2.24) is 0 Å². The SMILES string of the molecule is CCCOC(=O)N1c2ccc(C(F)(F)F)cc2[C@@H](N)C[C@@H]1C1CC1. The third-order valence-corrected chi connectivity index (χ3v) is 4.63. The van der Waals surface area contributed by atoms with Gasteiger partial charge in [0.25, 0.3) is 0 Å². The van der Waals surface area contributed by atoms with E-state index in [9.17, 15) is 18.0 Å². The molecule has 4 nitrogen and oxygen atoms in total. The van der Waals surface area contributed by atoms with Gasteiger partial charge in [0, 0.05) is 12.1 Å². The Morgan fingerprint density at radius 3 is 2.67 bits per heavy atom. The Labute approximate surface area is 138 Å². The van der Waals surface area contributed by atoms with E-state index in [1.165, 1.54) is 11.0 Å².